The van der Waals surface area contributed by atoms with Gasteiger partial charge >= 0.3 is 6.18 Å². The predicted molar refractivity (Wildman–Crippen MR) is 68.8 cm³/mol. The van der Waals surface area contributed by atoms with Crippen molar-refractivity contribution in [3.63, 3.8) is 0 Å². The van der Waals surface area contributed by atoms with Gasteiger partial charge in [0.15, 0.2) is 0 Å². The highest BCUT2D eigenvalue weighted by atomic mass is 19.4. The fraction of sp³-hybridized carbons (Fsp3) is 0.571. The van der Waals surface area contributed by atoms with Gasteiger partial charge in [-0.2, -0.15) is 13.2 Å². The van der Waals surface area contributed by atoms with Crippen LogP contribution in [0.3, 0.4) is 0 Å². The highest BCUT2D eigenvalue weighted by molar-refractivity contribution is 5.30. The molecule has 0 bridgehead atoms. The second-order valence-corrected chi connectivity index (χ2v) is 5.01. The van der Waals surface area contributed by atoms with E-state index in [0.29, 0.717) is 12.6 Å². The summed E-state index contributed by atoms with van der Waals surface area (Å²) in [5.74, 6) is -0.855. The lowest BCUT2D eigenvalue weighted by Gasteiger charge is -2.28. The van der Waals surface area contributed by atoms with Crippen molar-refractivity contribution in [2.45, 2.75) is 32.1 Å². The van der Waals surface area contributed by atoms with E-state index in [1.54, 1.807) is 0 Å². The topological polar surface area (TPSA) is 15.3 Å². The average Bonchev–Trinajstić information content (AvgIpc) is 2.90. The van der Waals surface area contributed by atoms with Gasteiger partial charge in [0.25, 0.3) is 0 Å². The van der Waals surface area contributed by atoms with Gasteiger partial charge in [0.05, 0.1) is 5.56 Å². The molecule has 0 spiro atoms. The molecule has 1 aromatic rings. The van der Waals surface area contributed by atoms with Crippen molar-refractivity contribution in [1.82, 2.24) is 10.2 Å². The molecule has 0 aliphatic carbocycles. The lowest BCUT2D eigenvalue weighted by Crippen LogP contribution is -2.36. The van der Waals surface area contributed by atoms with Crippen LogP contribution in [0.4, 0.5) is 17.6 Å². The van der Waals surface area contributed by atoms with Gasteiger partial charge in [0.1, 0.15) is 5.82 Å². The summed E-state index contributed by atoms with van der Waals surface area (Å²) in [5.41, 5.74) is -0.741. The minimum atomic E-state index is -4.52. The summed E-state index contributed by atoms with van der Waals surface area (Å²) >= 11 is 0. The van der Waals surface area contributed by atoms with Crippen molar-refractivity contribution >= 4 is 0 Å². The molecular formula is C14H18F4N2. The summed E-state index contributed by atoms with van der Waals surface area (Å²) in [4.78, 5) is 2.00. The number of benzene rings is 1. The molecule has 1 aromatic carbocycles. The molecule has 2 nitrogen and oxygen atoms in total. The molecule has 20 heavy (non-hydrogen) atoms. The number of likely N-dealkylation sites (N-methyl/N-ethyl adjacent to an activating group) is 1. The first-order valence-corrected chi connectivity index (χ1v) is 6.72. The van der Waals surface area contributed by atoms with Crippen molar-refractivity contribution in [2.75, 3.05) is 19.6 Å². The number of hydrogen-bond donors (Lipinski definition) is 1. The van der Waals surface area contributed by atoms with Crippen LogP contribution < -0.4 is 5.32 Å². The van der Waals surface area contributed by atoms with Crippen molar-refractivity contribution in [3.8, 4) is 0 Å². The molecule has 2 rings (SSSR count). The average molecular weight is 290 g/mol. The number of rotatable bonds is 4. The Morgan fingerprint density at radius 1 is 1.35 bits per heavy atom. The first-order chi connectivity index (χ1) is 9.41. The second kappa shape index (κ2) is 6.10. The molecule has 1 N–H and O–H groups in total. The molecule has 0 aromatic heterocycles. The van der Waals surface area contributed by atoms with Crippen LogP contribution >= 0.6 is 0 Å². The Kier molecular flexibility index (Phi) is 4.65. The van der Waals surface area contributed by atoms with Gasteiger partial charge in [0, 0.05) is 19.1 Å². The van der Waals surface area contributed by atoms with Crippen molar-refractivity contribution in [3.05, 3.63) is 35.1 Å². The Hall–Kier alpha value is -1.14. The molecule has 0 saturated carbocycles. The van der Waals surface area contributed by atoms with Crippen molar-refractivity contribution in [2.24, 2.45) is 0 Å². The minimum absolute atomic E-state index is 0.132. The maximum atomic E-state index is 13.1. The monoisotopic (exact) mass is 290 g/mol. The van der Waals surface area contributed by atoms with Crippen LogP contribution in [0.2, 0.25) is 0 Å². The van der Waals surface area contributed by atoms with Gasteiger partial charge in [-0.05, 0) is 37.2 Å². The Bertz CT molecular complexity index is 453. The van der Waals surface area contributed by atoms with Crippen LogP contribution in [0.1, 0.15) is 24.5 Å². The second-order valence-electron chi connectivity index (χ2n) is 5.01. The molecule has 1 fully saturated rings. The molecule has 0 radical (unpaired) electrons. The zero-order chi connectivity index (χ0) is 14.8. The normalized spacial score (nSPS) is 19.8. The number of halogens is 4. The largest absolute Gasteiger partial charge is 0.416 e. The van der Waals surface area contributed by atoms with Crippen LogP contribution in [-0.4, -0.2) is 30.6 Å². The van der Waals surface area contributed by atoms with Crippen LogP contribution in [0, 0.1) is 5.82 Å². The fourth-order valence-electron chi connectivity index (χ4n) is 2.62. The molecule has 1 aliphatic rings. The SMILES string of the molecule is CCN(Cc1ccc(F)cc1C(F)(F)F)C1CCNC1. The maximum Gasteiger partial charge on any atom is 0.416 e. The molecule has 1 atom stereocenters. The number of nitrogens with zero attached hydrogens (tertiary/aromatic N) is 1. The minimum Gasteiger partial charge on any atom is -0.315 e. The molecule has 0 amide bonds. The van der Waals surface area contributed by atoms with E-state index in [1.165, 1.54) is 6.07 Å². The molecule has 6 heteroatoms. The highest BCUT2D eigenvalue weighted by Gasteiger charge is 2.34. The molecule has 1 unspecified atom stereocenters. The van der Waals surface area contributed by atoms with E-state index < -0.39 is 17.6 Å². The first-order valence-electron chi connectivity index (χ1n) is 6.72. The Balaban J connectivity index is 2.23. The summed E-state index contributed by atoms with van der Waals surface area (Å²) < 4.78 is 52.0. The Morgan fingerprint density at radius 3 is 2.65 bits per heavy atom. The predicted octanol–water partition coefficient (Wildman–Crippen LogP) is 3.03. The van der Waals surface area contributed by atoms with E-state index in [-0.39, 0.29) is 18.2 Å². The summed E-state index contributed by atoms with van der Waals surface area (Å²) in [6.45, 7) is 4.46. The van der Waals surface area contributed by atoms with Gasteiger partial charge in [-0.3, -0.25) is 4.90 Å². The lowest BCUT2D eigenvalue weighted by atomic mass is 10.0. The summed E-state index contributed by atoms with van der Waals surface area (Å²) in [6.07, 6.45) is -3.60. The third kappa shape index (κ3) is 3.49. The van der Waals surface area contributed by atoms with Crippen molar-refractivity contribution < 1.29 is 17.6 Å². The van der Waals surface area contributed by atoms with E-state index in [2.05, 4.69) is 5.32 Å². The summed E-state index contributed by atoms with van der Waals surface area (Å²) in [5, 5.41) is 3.20. The van der Waals surface area contributed by atoms with E-state index in [1.807, 2.05) is 11.8 Å². The third-order valence-electron chi connectivity index (χ3n) is 3.71. The van der Waals surface area contributed by atoms with E-state index in [4.69, 9.17) is 0 Å². The first kappa shape index (κ1) is 15.3. The molecule has 112 valence electrons. The van der Waals surface area contributed by atoms with Gasteiger partial charge in [-0.1, -0.05) is 13.0 Å². The van der Waals surface area contributed by atoms with Gasteiger partial charge in [0.2, 0.25) is 0 Å². The van der Waals surface area contributed by atoms with E-state index >= 15 is 0 Å². The smallest absolute Gasteiger partial charge is 0.315 e. The van der Waals surface area contributed by atoms with Gasteiger partial charge in [-0.15, -0.1) is 0 Å². The number of hydrogen-bond acceptors (Lipinski definition) is 2. The quantitative estimate of drug-likeness (QED) is 0.858. The third-order valence-corrected chi connectivity index (χ3v) is 3.71. The number of alkyl halides is 3. The van der Waals surface area contributed by atoms with Crippen LogP contribution in [0.5, 0.6) is 0 Å². The number of nitrogens with one attached hydrogen (secondary N) is 1. The van der Waals surface area contributed by atoms with Crippen LogP contribution in [0.25, 0.3) is 0 Å². The Morgan fingerprint density at radius 2 is 2.10 bits per heavy atom. The standard InChI is InChI=1S/C14H18F4N2/c1-2-20(12-5-6-19-8-12)9-10-3-4-11(15)7-13(10)14(16,17)18/h3-4,7,12,19H,2,5-6,8-9H2,1H3. The Labute approximate surface area is 115 Å². The zero-order valence-electron chi connectivity index (χ0n) is 11.3. The summed E-state index contributed by atoms with van der Waals surface area (Å²) in [6, 6.07) is 3.15. The molecule has 1 aliphatic heterocycles. The molecule has 1 saturated heterocycles. The van der Waals surface area contributed by atoms with Crippen molar-refractivity contribution in [1.29, 1.82) is 0 Å². The van der Waals surface area contributed by atoms with Gasteiger partial charge < -0.3 is 5.32 Å². The fourth-order valence-corrected chi connectivity index (χ4v) is 2.62. The van der Waals surface area contributed by atoms with Crippen LogP contribution in [0.15, 0.2) is 18.2 Å². The highest BCUT2D eigenvalue weighted by Crippen LogP contribution is 2.33. The summed E-state index contributed by atoms with van der Waals surface area (Å²) in [7, 11) is 0. The van der Waals surface area contributed by atoms with E-state index in [0.717, 1.165) is 25.6 Å². The molecule has 1 heterocycles. The van der Waals surface area contributed by atoms with E-state index in [9.17, 15) is 17.6 Å². The lowest BCUT2D eigenvalue weighted by molar-refractivity contribution is -0.138. The van der Waals surface area contributed by atoms with Gasteiger partial charge in [-0.25, -0.2) is 4.39 Å². The van der Waals surface area contributed by atoms with Crippen LogP contribution in [-0.2, 0) is 12.7 Å². The zero-order valence-corrected chi connectivity index (χ0v) is 11.3. The molecular weight excluding hydrogens is 272 g/mol. The maximum absolute atomic E-state index is 13.1.